The Balaban J connectivity index is 0. The first-order chi connectivity index (χ1) is 19.4. The van der Waals surface area contributed by atoms with E-state index in [9.17, 15) is 9.59 Å². The molecule has 2 rings (SSSR count). The summed E-state index contributed by atoms with van der Waals surface area (Å²) in [5.41, 5.74) is 18.0. The molecule has 0 heterocycles. The molecule has 4 atom stereocenters. The van der Waals surface area contributed by atoms with Gasteiger partial charge >= 0.3 is 0 Å². The summed E-state index contributed by atoms with van der Waals surface area (Å²) in [4.78, 5) is 25.8. The van der Waals surface area contributed by atoms with Gasteiger partial charge in [-0.15, -0.1) is 11.8 Å². The van der Waals surface area contributed by atoms with Crippen LogP contribution in [0.1, 0.15) is 70.6 Å². The second-order valence-corrected chi connectivity index (χ2v) is 14.1. The molecular formula is C27H53Cl2N7O2S4. The summed E-state index contributed by atoms with van der Waals surface area (Å²) in [6.45, 7) is 1.51. The van der Waals surface area contributed by atoms with Gasteiger partial charge in [0, 0.05) is 59.6 Å². The van der Waals surface area contributed by atoms with Gasteiger partial charge in [-0.3, -0.25) is 25.7 Å². The van der Waals surface area contributed by atoms with Crippen molar-refractivity contribution < 1.29 is 44.8 Å². The molecule has 0 aromatic heterocycles. The van der Waals surface area contributed by atoms with Gasteiger partial charge in [0.2, 0.25) is 17.6 Å². The fourth-order valence-electron chi connectivity index (χ4n) is 4.55. The molecule has 11 N–H and O–H groups in total. The van der Waals surface area contributed by atoms with Crippen LogP contribution in [0.2, 0.25) is 0 Å². The predicted molar refractivity (Wildman–Crippen MR) is 179 cm³/mol. The van der Waals surface area contributed by atoms with Crippen molar-refractivity contribution in [3.63, 3.8) is 0 Å². The Morgan fingerprint density at radius 2 is 1.31 bits per heavy atom. The first kappa shape index (κ1) is 43.8. The first-order valence-corrected chi connectivity index (χ1v) is 18.2. The third-order valence-corrected chi connectivity index (χ3v) is 11.6. The number of hydrogen-bond acceptors (Lipinski definition) is 8. The Labute approximate surface area is 283 Å². The van der Waals surface area contributed by atoms with Gasteiger partial charge in [0.15, 0.2) is 0 Å². The topological polar surface area (TPSA) is 176 Å². The minimum atomic E-state index is -0.0832. The number of nitrogens with one attached hydrogen (secondary N) is 3. The van der Waals surface area contributed by atoms with E-state index in [2.05, 4.69) is 33.7 Å². The SMILES string of the molecule is C=S.NCC(=O)NCCSC1CCC1CC(=[NH2+])CCCCCCC(N)=[NH+]CSC1CCC1SCCNC(=O)CN.[Cl-].[Cl-]. The van der Waals surface area contributed by atoms with Crippen molar-refractivity contribution in [3.8, 4) is 0 Å². The quantitative estimate of drug-likeness (QED) is 0.0190. The Morgan fingerprint density at radius 1 is 0.810 bits per heavy atom. The van der Waals surface area contributed by atoms with Gasteiger partial charge < -0.3 is 46.9 Å². The van der Waals surface area contributed by atoms with Gasteiger partial charge in [0.25, 0.3) is 0 Å². The summed E-state index contributed by atoms with van der Waals surface area (Å²) < 4.78 is 0. The molecule has 0 aromatic carbocycles. The van der Waals surface area contributed by atoms with Crippen molar-refractivity contribution in [1.82, 2.24) is 10.6 Å². The van der Waals surface area contributed by atoms with E-state index in [4.69, 9.17) is 22.6 Å². The van der Waals surface area contributed by atoms with Gasteiger partial charge in [-0.25, -0.2) is 0 Å². The van der Waals surface area contributed by atoms with Crippen LogP contribution < -0.4 is 63.1 Å². The van der Waals surface area contributed by atoms with E-state index >= 15 is 0 Å². The Bertz CT molecular complexity index is 787. The van der Waals surface area contributed by atoms with E-state index in [-0.39, 0.29) is 49.7 Å². The number of halogens is 2. The number of unbranched alkanes of at least 4 members (excludes halogenated alkanes) is 3. The number of carbonyl (C=O) groups is 2. The summed E-state index contributed by atoms with van der Waals surface area (Å²) in [5, 5.41) is 14.0. The monoisotopic (exact) mass is 705 g/mol. The lowest BCUT2D eigenvalue weighted by atomic mass is 9.80. The number of amidine groups is 1. The van der Waals surface area contributed by atoms with Crippen LogP contribution >= 0.6 is 47.5 Å². The van der Waals surface area contributed by atoms with Crippen LogP contribution in [0.25, 0.3) is 0 Å². The second kappa shape index (κ2) is 28.2. The zero-order valence-corrected chi connectivity index (χ0v) is 29.5. The van der Waals surface area contributed by atoms with Crippen molar-refractivity contribution in [2.45, 2.75) is 86.4 Å². The Morgan fingerprint density at radius 3 is 1.81 bits per heavy atom. The highest BCUT2D eigenvalue weighted by Gasteiger charge is 2.33. The van der Waals surface area contributed by atoms with Gasteiger partial charge in [0.1, 0.15) is 11.6 Å². The molecule has 2 amide bonds. The van der Waals surface area contributed by atoms with Crippen molar-refractivity contribution in [2.75, 3.05) is 43.6 Å². The number of nitrogens with two attached hydrogens (primary N) is 4. The standard InChI is InChI=1S/C26H49N7O2S3.CH2S.2ClH/c27-16-25(34)31-11-13-36-21-8-7-19(21)15-20(29)5-3-1-2-4-6-24(30)33-18-38-23-10-9-22(23)37-14-12-32-26(35)17-28;1-2;;/h19,21-23,29H,1-18,27-28H2,(H2,30,33)(H,31,34)(H,32,35);1H2;2*1H. The molecule has 0 radical (unpaired) electrons. The molecule has 0 aliphatic heterocycles. The molecule has 246 valence electrons. The summed E-state index contributed by atoms with van der Waals surface area (Å²) in [7, 11) is 0. The smallest absolute Gasteiger partial charge is 0.241 e. The van der Waals surface area contributed by atoms with Crippen LogP contribution in [0.15, 0.2) is 0 Å². The molecule has 0 bridgehead atoms. The van der Waals surface area contributed by atoms with E-state index in [1.807, 2.05) is 35.3 Å². The lowest BCUT2D eigenvalue weighted by Gasteiger charge is -2.35. The van der Waals surface area contributed by atoms with E-state index in [1.54, 1.807) is 0 Å². The molecule has 4 unspecified atom stereocenters. The summed E-state index contributed by atoms with van der Waals surface area (Å²) >= 11 is 9.70. The molecule has 15 heteroatoms. The second-order valence-electron chi connectivity index (χ2n) is 10.2. The zero-order valence-electron chi connectivity index (χ0n) is 24.8. The lowest BCUT2D eigenvalue weighted by Crippen LogP contribution is -3.00. The van der Waals surface area contributed by atoms with Gasteiger partial charge in [-0.2, -0.15) is 23.5 Å². The maximum Gasteiger partial charge on any atom is 0.241 e. The highest BCUT2D eigenvalue weighted by atomic mass is 35.5. The maximum atomic E-state index is 11.2. The average molecular weight is 707 g/mol. The number of carbonyl (C=O) groups excluding carboxylic acids is 2. The lowest BCUT2D eigenvalue weighted by molar-refractivity contribution is -0.434. The summed E-state index contributed by atoms with van der Waals surface area (Å²) in [6, 6.07) is 0. The molecule has 2 saturated carbocycles. The fourth-order valence-corrected chi connectivity index (χ4v) is 8.66. The molecule has 0 spiro atoms. The normalized spacial score (nSPS) is 20.8. The highest BCUT2D eigenvalue weighted by Crippen LogP contribution is 2.40. The summed E-state index contributed by atoms with van der Waals surface area (Å²) in [5.74, 6) is 7.01. The largest absolute Gasteiger partial charge is 1.00 e. The Hall–Kier alpha value is -0.280. The molecule has 42 heavy (non-hydrogen) atoms. The minimum absolute atomic E-state index is 0. The summed E-state index contributed by atoms with van der Waals surface area (Å²) in [6.07, 6.45) is 12.7. The van der Waals surface area contributed by atoms with Crippen molar-refractivity contribution in [3.05, 3.63) is 0 Å². The van der Waals surface area contributed by atoms with E-state index in [0.717, 1.165) is 61.0 Å². The van der Waals surface area contributed by atoms with Crippen molar-refractivity contribution in [1.29, 1.82) is 0 Å². The van der Waals surface area contributed by atoms with Crippen molar-refractivity contribution >= 4 is 76.7 Å². The van der Waals surface area contributed by atoms with Crippen LogP contribution in [-0.4, -0.2) is 88.5 Å². The van der Waals surface area contributed by atoms with Crippen LogP contribution in [0, 0.1) is 5.92 Å². The van der Waals surface area contributed by atoms with E-state index in [1.165, 1.54) is 38.5 Å². The first-order valence-electron chi connectivity index (χ1n) is 14.5. The molecule has 2 aliphatic rings. The van der Waals surface area contributed by atoms with Gasteiger partial charge in [0.05, 0.1) is 13.1 Å². The van der Waals surface area contributed by atoms with Crippen LogP contribution in [0.4, 0.5) is 0 Å². The average Bonchev–Trinajstić information content (AvgIpc) is 2.94. The van der Waals surface area contributed by atoms with Crippen LogP contribution in [-0.2, 0) is 9.59 Å². The molecule has 0 aromatic rings. The molecule has 2 aliphatic carbocycles. The zero-order chi connectivity index (χ0) is 29.6. The van der Waals surface area contributed by atoms with E-state index in [0.29, 0.717) is 34.8 Å². The number of thioether (sulfide) groups is 3. The van der Waals surface area contributed by atoms with Gasteiger partial charge in [-0.1, -0.05) is 25.1 Å². The Kier molecular flexibility index (Phi) is 29.5. The van der Waals surface area contributed by atoms with Crippen molar-refractivity contribution in [2.24, 2.45) is 23.1 Å². The molecule has 0 saturated heterocycles. The minimum Gasteiger partial charge on any atom is -1.00 e. The maximum absolute atomic E-state index is 11.2. The third kappa shape index (κ3) is 19.9. The number of amides is 2. The molecule has 2 fully saturated rings. The van der Waals surface area contributed by atoms with Gasteiger partial charge in [-0.05, 0) is 50.3 Å². The van der Waals surface area contributed by atoms with E-state index < -0.39 is 0 Å². The fraction of sp³-hybridized carbons (Fsp3) is 0.815. The molecule has 9 nitrogen and oxygen atoms in total. The highest BCUT2D eigenvalue weighted by molar-refractivity contribution is 8.03. The third-order valence-electron chi connectivity index (χ3n) is 7.20. The molecular weight excluding hydrogens is 654 g/mol. The van der Waals surface area contributed by atoms with Crippen LogP contribution in [0.3, 0.4) is 0 Å². The number of rotatable bonds is 22. The van der Waals surface area contributed by atoms with Crippen LogP contribution in [0.5, 0.6) is 0 Å². The predicted octanol–water partition coefficient (Wildman–Crippen LogP) is -6.40. The number of hydrogen-bond donors (Lipinski definition) is 7. The number of thiocarbonyl (C=S) groups is 1.